The molecule has 58 valence electrons. The maximum Gasteiger partial charge on any atom is 2.00 e. The average molecular weight is 375 g/mol. The minimum Gasteiger partial charge on any atom is -0.463 e. The zero-order valence-corrected chi connectivity index (χ0v) is 10.7. The van der Waals surface area contributed by atoms with Crippen LogP contribution in [0, 0.1) is 45.1 Å². The van der Waals surface area contributed by atoms with Crippen molar-refractivity contribution < 1.29 is 31.1 Å². The topological polar surface area (TPSA) is 50.7 Å². The Morgan fingerprint density at radius 2 is 2.27 bits per heavy atom. The molecule has 0 saturated heterocycles. The van der Waals surface area contributed by atoms with Crippen molar-refractivity contribution in [3.8, 4) is 0 Å². The van der Waals surface area contributed by atoms with Crippen molar-refractivity contribution in [3.05, 3.63) is 26.2 Å². The number of nitrogens with zero attached hydrogens (tertiary/aromatic N) is 2. The summed E-state index contributed by atoms with van der Waals surface area (Å²) in [6.07, 6.45) is 5.86. The predicted molar refractivity (Wildman–Crippen MR) is 44.6 cm³/mol. The second-order valence-corrected chi connectivity index (χ2v) is 1.66. The molecular weight excluding hydrogens is 364 g/mol. The summed E-state index contributed by atoms with van der Waals surface area (Å²) in [5.41, 5.74) is 5.41. The van der Waals surface area contributed by atoms with Gasteiger partial charge in [-0.15, -0.1) is 6.54 Å². The van der Waals surface area contributed by atoms with Crippen LogP contribution >= 0.6 is 0 Å². The van der Waals surface area contributed by atoms with Gasteiger partial charge in [0, 0.05) is 6.20 Å². The fraction of sp³-hybridized carbons (Fsp3) is 0.143. The molecule has 0 aromatic rings. The number of hydrogen-bond acceptors (Lipinski definition) is 3. The molecule has 3 nitrogen and oxygen atoms in total. The summed E-state index contributed by atoms with van der Waals surface area (Å²) in [5, 5.41) is 0. The van der Waals surface area contributed by atoms with Gasteiger partial charge in [0.2, 0.25) is 0 Å². The Morgan fingerprint density at radius 1 is 1.55 bits per heavy atom. The van der Waals surface area contributed by atoms with Gasteiger partial charge in [0.25, 0.3) is 0 Å². The van der Waals surface area contributed by atoms with Gasteiger partial charge in [-0.25, -0.2) is 0 Å². The number of aliphatic imine (C=N–C) groups is 2. The maximum atomic E-state index is 5.41. The zero-order chi connectivity index (χ0) is 6.53. The summed E-state index contributed by atoms with van der Waals surface area (Å²) in [6, 6.07) is 0. The van der Waals surface area contributed by atoms with Crippen LogP contribution in [-0.4, -0.2) is 12.1 Å². The van der Waals surface area contributed by atoms with Crippen LogP contribution < -0.4 is 5.73 Å². The Bertz CT molecular complexity index is 173. The van der Waals surface area contributed by atoms with E-state index in [0.717, 1.165) is 0 Å². The molecule has 0 radical (unpaired) electrons. The van der Waals surface area contributed by atoms with Crippen LogP contribution in [0.1, 0.15) is 6.42 Å². The second-order valence-electron chi connectivity index (χ2n) is 1.66. The predicted octanol–water partition coefficient (Wildman–Crippen LogP) is 0.944. The molecule has 0 atom stereocenters. The van der Waals surface area contributed by atoms with Crippen molar-refractivity contribution in [2.45, 2.75) is 6.42 Å². The van der Waals surface area contributed by atoms with Gasteiger partial charge in [0.1, 0.15) is 0 Å². The third kappa shape index (κ3) is 6.21. The van der Waals surface area contributed by atoms with Gasteiger partial charge in [-0.3, -0.25) is 4.99 Å². The molecule has 0 spiro atoms. The fourth-order valence-electron chi connectivity index (χ4n) is 0.504. The molecule has 11 heavy (non-hydrogen) atoms. The minimum absolute atomic E-state index is 0. The Hall–Kier alpha value is -0.198. The monoisotopic (exact) mass is 375 g/mol. The van der Waals surface area contributed by atoms with E-state index in [9.17, 15) is 0 Å². The van der Waals surface area contributed by atoms with E-state index in [1.165, 1.54) is 0 Å². The first-order valence-electron chi connectivity index (χ1n) is 2.72. The number of rotatable bonds is 0. The molecule has 0 amide bonds. The van der Waals surface area contributed by atoms with E-state index in [-0.39, 0.29) is 38.5 Å². The molecule has 0 aliphatic carbocycles. The molecular formula is C7H11N3U. The van der Waals surface area contributed by atoms with Gasteiger partial charge < -0.3 is 18.2 Å². The first-order chi connectivity index (χ1) is 4.39. The van der Waals surface area contributed by atoms with Crippen molar-refractivity contribution in [1.29, 1.82) is 0 Å². The Balaban J connectivity index is 0. The summed E-state index contributed by atoms with van der Waals surface area (Å²) in [5.74, 6) is 0.623. The number of hydrogen-bond donors (Lipinski definition) is 1. The molecule has 0 unspecified atom stereocenters. The summed E-state index contributed by atoms with van der Waals surface area (Å²) >= 11 is 0. The standard InChI is InChI=1S/C6H8N3.CH3.U/c7-6-2-1-3-8-4-5-9-6;;/h1,3-5H,2H2,(H2,7,9);1H3;/q2*-1;+2/b3-1-,8-4?;;. The van der Waals surface area contributed by atoms with Crippen molar-refractivity contribution in [3.63, 3.8) is 0 Å². The third-order valence-electron chi connectivity index (χ3n) is 0.912. The van der Waals surface area contributed by atoms with Crippen molar-refractivity contribution in [2.24, 2.45) is 15.7 Å². The normalized spacial score (nSPS) is 17.3. The summed E-state index contributed by atoms with van der Waals surface area (Å²) in [7, 11) is 0. The van der Waals surface area contributed by atoms with E-state index < -0.39 is 0 Å². The van der Waals surface area contributed by atoms with Gasteiger partial charge in [-0.05, 0) is 12.6 Å². The van der Waals surface area contributed by atoms with Crippen LogP contribution in [0.5, 0.6) is 0 Å². The van der Waals surface area contributed by atoms with Crippen LogP contribution in [0.2, 0.25) is 0 Å². The second kappa shape index (κ2) is 7.90. The number of amidine groups is 1. The fourth-order valence-corrected chi connectivity index (χ4v) is 0.504. The van der Waals surface area contributed by atoms with Gasteiger partial charge in [0.05, 0.1) is 0 Å². The average Bonchev–Trinajstić information content (AvgIpc) is 1.79. The van der Waals surface area contributed by atoms with Crippen molar-refractivity contribution in [2.75, 3.05) is 0 Å². The molecule has 0 aromatic carbocycles. The van der Waals surface area contributed by atoms with E-state index in [4.69, 9.17) is 5.73 Å². The van der Waals surface area contributed by atoms with Gasteiger partial charge in [-0.2, -0.15) is 0 Å². The molecule has 0 saturated carbocycles. The Kier molecular flexibility index (Phi) is 9.63. The van der Waals surface area contributed by atoms with Crippen molar-refractivity contribution >= 4 is 12.1 Å². The minimum atomic E-state index is 0. The largest absolute Gasteiger partial charge is 2.00 e. The van der Waals surface area contributed by atoms with E-state index in [2.05, 4.69) is 9.98 Å². The first kappa shape index (κ1) is 13.4. The molecule has 1 heterocycles. The van der Waals surface area contributed by atoms with Gasteiger partial charge >= 0.3 is 31.1 Å². The van der Waals surface area contributed by atoms with E-state index >= 15 is 0 Å². The quantitative estimate of drug-likeness (QED) is 0.630. The molecule has 1 aliphatic rings. The van der Waals surface area contributed by atoms with E-state index in [1.807, 2.05) is 6.08 Å². The van der Waals surface area contributed by atoms with Crippen LogP contribution in [0.3, 0.4) is 0 Å². The van der Waals surface area contributed by atoms with Crippen LogP contribution in [0.4, 0.5) is 0 Å². The van der Waals surface area contributed by atoms with Crippen LogP contribution in [-0.2, 0) is 0 Å². The summed E-state index contributed by atoms with van der Waals surface area (Å²) < 4.78 is 0. The molecule has 4 heteroatoms. The Labute approximate surface area is 91.2 Å². The first-order valence-corrected chi connectivity index (χ1v) is 2.72. The number of nitrogens with two attached hydrogens (primary N) is 1. The molecule has 0 aromatic heterocycles. The van der Waals surface area contributed by atoms with Gasteiger partial charge in [-0.1, -0.05) is 11.9 Å². The third-order valence-corrected chi connectivity index (χ3v) is 0.912. The van der Waals surface area contributed by atoms with Crippen LogP contribution in [0.15, 0.2) is 22.3 Å². The summed E-state index contributed by atoms with van der Waals surface area (Å²) in [4.78, 5) is 7.69. The van der Waals surface area contributed by atoms with E-state index in [0.29, 0.717) is 12.3 Å². The molecule has 0 bridgehead atoms. The van der Waals surface area contributed by atoms with E-state index in [1.54, 1.807) is 19.0 Å². The zero-order valence-electron chi connectivity index (χ0n) is 6.49. The van der Waals surface area contributed by atoms with Gasteiger partial charge in [0.15, 0.2) is 0 Å². The molecule has 0 fully saturated rings. The molecule has 1 aliphatic heterocycles. The Morgan fingerprint density at radius 3 is 3.00 bits per heavy atom. The summed E-state index contributed by atoms with van der Waals surface area (Å²) in [6.45, 7) is 1.58. The maximum absolute atomic E-state index is 5.41. The smallest absolute Gasteiger partial charge is 0.463 e. The van der Waals surface area contributed by atoms with Crippen LogP contribution in [0.25, 0.3) is 0 Å². The molecule has 1 rings (SSSR count). The van der Waals surface area contributed by atoms with Crippen molar-refractivity contribution in [1.82, 2.24) is 0 Å². The SMILES string of the molecule is NC1=N[CH-]C=N/C=C\C1.[CH3-].[U+2]. The molecule has 2 N–H and O–H groups in total.